The van der Waals surface area contributed by atoms with Crippen molar-refractivity contribution in [2.24, 2.45) is 5.92 Å². The molecule has 12 nitrogen and oxygen atoms in total. The van der Waals surface area contributed by atoms with Crippen LogP contribution in [0.25, 0.3) is 0 Å². The number of nitrogens with one attached hydrogen (secondary N) is 2. The van der Waals surface area contributed by atoms with Crippen molar-refractivity contribution in [2.75, 3.05) is 35.2 Å². The number of aryl methyl sites for hydroxylation is 2. The molecule has 288 valence electrons. The molecule has 6 rings (SSSR count). The first-order valence-electron chi connectivity index (χ1n) is 18.7. The number of anilines is 3. The third kappa shape index (κ3) is 9.41. The summed E-state index contributed by atoms with van der Waals surface area (Å²) in [4.78, 5) is 52.3. The van der Waals surface area contributed by atoms with E-state index in [4.69, 9.17) is 5.11 Å². The average Bonchev–Trinajstić information content (AvgIpc) is 3.74. The molecule has 4 N–H and O–H groups in total. The smallest absolute Gasteiger partial charge is 0.335 e. The molecule has 1 saturated carbocycles. The fraction of sp³-hybridized carbons (Fsp3) is 0.333. The number of nitrogens with zero attached hydrogens (tertiary/aromatic N) is 2. The number of aliphatic carboxylic acids is 1. The lowest BCUT2D eigenvalue weighted by Crippen LogP contribution is -2.42. The van der Waals surface area contributed by atoms with Crippen molar-refractivity contribution < 1.29 is 37.8 Å². The van der Waals surface area contributed by atoms with Gasteiger partial charge in [0, 0.05) is 42.6 Å². The van der Waals surface area contributed by atoms with Gasteiger partial charge in [-0.3, -0.25) is 14.4 Å². The molecule has 0 atom stereocenters. The Labute approximate surface area is 321 Å². The van der Waals surface area contributed by atoms with Gasteiger partial charge in [0.05, 0.1) is 27.6 Å². The summed E-state index contributed by atoms with van der Waals surface area (Å²) < 4.78 is 29.1. The van der Waals surface area contributed by atoms with Gasteiger partial charge in [0.1, 0.15) is 0 Å². The van der Waals surface area contributed by atoms with Crippen molar-refractivity contribution in [3.63, 3.8) is 0 Å². The maximum absolute atomic E-state index is 13.9. The van der Waals surface area contributed by atoms with Gasteiger partial charge >= 0.3 is 11.9 Å². The Morgan fingerprint density at radius 2 is 1.38 bits per heavy atom. The van der Waals surface area contributed by atoms with Gasteiger partial charge in [-0.2, -0.15) is 4.31 Å². The highest BCUT2D eigenvalue weighted by atomic mass is 32.2. The maximum Gasteiger partial charge on any atom is 0.335 e. The molecule has 0 radical (unpaired) electrons. The van der Waals surface area contributed by atoms with E-state index >= 15 is 0 Å². The Hall–Kier alpha value is -5.53. The molecule has 4 aromatic rings. The monoisotopic (exact) mass is 766 g/mol. The van der Waals surface area contributed by atoms with E-state index in [1.807, 2.05) is 42.5 Å². The average molecular weight is 767 g/mol. The molecule has 1 saturated heterocycles. The third-order valence-electron chi connectivity index (χ3n) is 10.5. The van der Waals surface area contributed by atoms with Crippen LogP contribution in [0.1, 0.15) is 87.6 Å². The minimum Gasteiger partial charge on any atom is -0.481 e. The summed E-state index contributed by atoms with van der Waals surface area (Å²) in [6.07, 6.45) is 5.22. The number of hydrogen-bond acceptors (Lipinski definition) is 7. The van der Waals surface area contributed by atoms with Crippen LogP contribution < -0.4 is 15.5 Å². The normalized spacial score (nSPS) is 17.2. The minimum absolute atomic E-state index is 0.0377. The molecule has 2 fully saturated rings. The highest BCUT2D eigenvalue weighted by molar-refractivity contribution is 7.89. The molecule has 0 aromatic heterocycles. The largest absolute Gasteiger partial charge is 0.481 e. The zero-order chi connectivity index (χ0) is 39.1. The number of carbonyl (C=O) groups is 4. The minimum atomic E-state index is -4.00. The molecule has 4 aromatic carbocycles. The number of carboxylic acid groups (broad SMARTS) is 2. The van der Waals surface area contributed by atoms with Gasteiger partial charge < -0.3 is 25.7 Å². The summed E-state index contributed by atoms with van der Waals surface area (Å²) in [5.74, 6) is -3.30. The van der Waals surface area contributed by atoms with Crippen molar-refractivity contribution in [1.82, 2.24) is 4.31 Å². The van der Waals surface area contributed by atoms with E-state index in [1.165, 1.54) is 28.6 Å². The second-order valence-electron chi connectivity index (χ2n) is 14.1. The number of benzene rings is 4. The van der Waals surface area contributed by atoms with E-state index in [1.54, 1.807) is 31.2 Å². The van der Waals surface area contributed by atoms with Crippen LogP contribution >= 0.6 is 0 Å². The number of carbonyl (C=O) groups excluding carboxylic acids is 2. The van der Waals surface area contributed by atoms with Crippen LogP contribution in [0.4, 0.5) is 17.1 Å². The molecule has 2 amide bonds. The Bertz CT molecular complexity index is 2140. The number of rotatable bonds is 14. The van der Waals surface area contributed by atoms with Gasteiger partial charge in [0.2, 0.25) is 10.0 Å². The second kappa shape index (κ2) is 17.3. The highest BCUT2D eigenvalue weighted by Crippen LogP contribution is 2.32. The predicted octanol–water partition coefficient (Wildman–Crippen LogP) is 6.93. The molecule has 0 spiro atoms. The van der Waals surface area contributed by atoms with Crippen LogP contribution in [0.2, 0.25) is 0 Å². The van der Waals surface area contributed by atoms with Crippen LogP contribution in [0.15, 0.2) is 95.9 Å². The Morgan fingerprint density at radius 1 is 0.745 bits per heavy atom. The molecule has 1 aliphatic carbocycles. The van der Waals surface area contributed by atoms with Crippen LogP contribution in [0.3, 0.4) is 0 Å². The van der Waals surface area contributed by atoms with Gasteiger partial charge in [0.15, 0.2) is 0 Å². The van der Waals surface area contributed by atoms with Crippen LogP contribution in [-0.4, -0.2) is 72.4 Å². The maximum atomic E-state index is 13.9. The van der Waals surface area contributed by atoms with Crippen molar-refractivity contribution in [3.05, 3.63) is 119 Å². The highest BCUT2D eigenvalue weighted by Gasteiger charge is 2.35. The number of aromatic carboxylic acids is 1. The summed E-state index contributed by atoms with van der Waals surface area (Å²) in [6.45, 7) is 3.66. The quantitative estimate of drug-likeness (QED) is 0.106. The van der Waals surface area contributed by atoms with Gasteiger partial charge in [-0.15, -0.1) is 0 Å². The van der Waals surface area contributed by atoms with Crippen molar-refractivity contribution in [3.8, 4) is 0 Å². The van der Waals surface area contributed by atoms with E-state index in [0.717, 1.165) is 55.6 Å². The SMILES string of the molecule is CCN(C1CCC(C(=O)O)CC1)S(=O)(=O)c1cccc(C(=O)Nc2ccc(N3CCCC3)cc2C(=O)Nc2ccc(CCc3ccc(C(=O)O)cc3)cc2)c1. The summed E-state index contributed by atoms with van der Waals surface area (Å²) in [6, 6.07) is 25.1. The topological polar surface area (TPSA) is 173 Å². The molecular formula is C42H46N4O8S. The van der Waals surface area contributed by atoms with E-state index in [2.05, 4.69) is 15.5 Å². The standard InChI is InChI=1S/C42H46N4O8S/c1-2-46(34-20-16-31(17-21-34)42(51)52)55(53,54)36-7-5-6-32(26-36)39(47)44-38-23-22-35(45-24-3-4-25-45)27-37(38)40(48)43-33-18-12-29(13-19-33)9-8-28-10-14-30(15-11-28)41(49)50/h5-7,10-15,18-19,22-23,26-27,31,34H,2-4,8-9,16-17,20-21,24-25H2,1H3,(H,43,48)(H,44,47)(H,49,50)(H,51,52). The lowest BCUT2D eigenvalue weighted by molar-refractivity contribution is -0.143. The van der Waals surface area contributed by atoms with Crippen LogP contribution in [0, 0.1) is 5.92 Å². The van der Waals surface area contributed by atoms with E-state index in [-0.39, 0.29) is 39.9 Å². The van der Waals surface area contributed by atoms with Crippen molar-refractivity contribution in [1.29, 1.82) is 0 Å². The van der Waals surface area contributed by atoms with Crippen molar-refractivity contribution in [2.45, 2.75) is 69.2 Å². The van der Waals surface area contributed by atoms with Crippen molar-refractivity contribution >= 4 is 50.8 Å². The number of carboxylic acids is 2. The lowest BCUT2D eigenvalue weighted by Gasteiger charge is -2.34. The molecule has 2 aliphatic rings. The van der Waals surface area contributed by atoms with Gasteiger partial charge in [0.25, 0.3) is 11.8 Å². The molecule has 1 aliphatic heterocycles. The molecule has 0 unspecified atom stereocenters. The predicted molar refractivity (Wildman–Crippen MR) is 210 cm³/mol. The first-order chi connectivity index (χ1) is 26.4. The Balaban J connectivity index is 1.16. The zero-order valence-electron chi connectivity index (χ0n) is 30.7. The van der Waals surface area contributed by atoms with Crippen LogP contribution in [0.5, 0.6) is 0 Å². The molecule has 55 heavy (non-hydrogen) atoms. The van der Waals surface area contributed by atoms with Gasteiger partial charge in [-0.1, -0.05) is 37.3 Å². The van der Waals surface area contributed by atoms with E-state index in [9.17, 15) is 32.7 Å². The summed E-state index contributed by atoms with van der Waals surface area (Å²) in [5, 5.41) is 24.3. The second-order valence-corrected chi connectivity index (χ2v) is 16.0. The molecular weight excluding hydrogens is 721 g/mol. The van der Waals surface area contributed by atoms with E-state index < -0.39 is 39.7 Å². The fourth-order valence-electron chi connectivity index (χ4n) is 7.42. The molecule has 13 heteroatoms. The Morgan fingerprint density at radius 3 is 1.98 bits per heavy atom. The summed E-state index contributed by atoms with van der Waals surface area (Å²) in [5.41, 5.74) is 4.36. The molecule has 1 heterocycles. The number of hydrogen-bond donors (Lipinski definition) is 4. The van der Waals surface area contributed by atoms with E-state index in [0.29, 0.717) is 31.4 Å². The Kier molecular flexibility index (Phi) is 12.3. The number of sulfonamides is 1. The summed E-state index contributed by atoms with van der Waals surface area (Å²) in [7, 11) is -4.00. The zero-order valence-corrected chi connectivity index (χ0v) is 31.6. The van der Waals surface area contributed by atoms with Gasteiger partial charge in [-0.05, 0) is 123 Å². The molecule has 0 bridgehead atoms. The summed E-state index contributed by atoms with van der Waals surface area (Å²) >= 11 is 0. The first-order valence-corrected chi connectivity index (χ1v) is 20.1. The number of amides is 2. The lowest BCUT2D eigenvalue weighted by atomic mass is 9.86. The fourth-order valence-corrected chi connectivity index (χ4v) is 9.16. The third-order valence-corrected chi connectivity index (χ3v) is 12.6. The van der Waals surface area contributed by atoms with Crippen LogP contribution in [-0.2, 0) is 27.7 Å². The van der Waals surface area contributed by atoms with Gasteiger partial charge in [-0.25, -0.2) is 13.2 Å². The first kappa shape index (κ1) is 39.2.